The van der Waals surface area contributed by atoms with Crippen molar-refractivity contribution in [1.29, 1.82) is 0 Å². The van der Waals surface area contributed by atoms with Gasteiger partial charge in [0.25, 0.3) is 5.91 Å². The molecule has 0 aliphatic carbocycles. The molecule has 9 heteroatoms. The quantitative estimate of drug-likeness (QED) is 0.672. The van der Waals surface area contributed by atoms with E-state index in [-0.39, 0.29) is 17.4 Å². The molecule has 0 radical (unpaired) electrons. The van der Waals surface area contributed by atoms with Crippen molar-refractivity contribution in [2.45, 2.75) is 32.2 Å². The first-order valence-electron chi connectivity index (χ1n) is 11.2. The molecule has 32 heavy (non-hydrogen) atoms. The fraction of sp³-hybridized carbons (Fsp3) is 0.522. The Morgan fingerprint density at radius 2 is 1.78 bits per heavy atom. The number of halogens is 2. The Balaban J connectivity index is 1.20. The van der Waals surface area contributed by atoms with E-state index in [1.54, 1.807) is 12.3 Å². The van der Waals surface area contributed by atoms with Crippen LogP contribution in [0, 0.1) is 5.41 Å². The van der Waals surface area contributed by atoms with Gasteiger partial charge in [-0.2, -0.15) is 9.78 Å². The number of carbonyl (C=O) groups excluding carboxylic acids is 2. The van der Waals surface area contributed by atoms with Crippen molar-refractivity contribution >= 4 is 35.1 Å². The predicted octanol–water partition coefficient (Wildman–Crippen LogP) is 3.99. The number of hydrogen-bond acceptors (Lipinski definition) is 4. The first-order chi connectivity index (χ1) is 15.4. The lowest BCUT2D eigenvalue weighted by molar-refractivity contribution is 0.0793. The van der Waals surface area contributed by atoms with Gasteiger partial charge in [0.05, 0.1) is 11.8 Å². The summed E-state index contributed by atoms with van der Waals surface area (Å²) in [5.41, 5.74) is 1.62. The summed E-state index contributed by atoms with van der Waals surface area (Å²) in [4.78, 5) is 31.7. The maximum absolute atomic E-state index is 13.1. The average molecular weight is 476 g/mol. The van der Waals surface area contributed by atoms with Gasteiger partial charge in [-0.3, -0.25) is 9.69 Å². The highest BCUT2D eigenvalue weighted by molar-refractivity contribution is 6.33. The molecule has 4 heterocycles. The number of amides is 2. The lowest BCUT2D eigenvalue weighted by atomic mass is 9.86. The molecule has 1 spiro atoms. The molecule has 0 saturated carbocycles. The van der Waals surface area contributed by atoms with E-state index in [0.717, 1.165) is 69.0 Å². The Morgan fingerprint density at radius 3 is 2.59 bits per heavy atom. The van der Waals surface area contributed by atoms with Crippen LogP contribution in [0.1, 0.15) is 41.6 Å². The third kappa shape index (κ3) is 4.26. The molecule has 3 aliphatic rings. The zero-order valence-electron chi connectivity index (χ0n) is 18.0. The number of carbonyl (C=O) groups is 2. The van der Waals surface area contributed by atoms with Crippen molar-refractivity contribution in [2.75, 3.05) is 39.3 Å². The van der Waals surface area contributed by atoms with Gasteiger partial charge in [-0.05, 0) is 56.0 Å². The minimum absolute atomic E-state index is 0.0365. The summed E-state index contributed by atoms with van der Waals surface area (Å²) in [5.74, 6) is -0.0365. The van der Waals surface area contributed by atoms with Crippen molar-refractivity contribution in [3.05, 3.63) is 51.8 Å². The number of benzene rings is 1. The maximum Gasteiger partial charge on any atom is 0.344 e. The van der Waals surface area contributed by atoms with Gasteiger partial charge in [0, 0.05) is 60.9 Å². The van der Waals surface area contributed by atoms with Crippen molar-refractivity contribution in [3.63, 3.8) is 0 Å². The molecule has 3 fully saturated rings. The zero-order chi connectivity index (χ0) is 22.3. The summed E-state index contributed by atoms with van der Waals surface area (Å²) < 4.78 is 1.32. The SMILES string of the molecule is O=C(c1cnn(C(=O)N2CCC3(CCN(Cc4cc(Cl)ccc4Cl)C3)C2)c1)N1CCCC1. The second-order valence-corrected chi connectivity index (χ2v) is 10.2. The van der Waals surface area contributed by atoms with Crippen LogP contribution in [-0.2, 0) is 6.54 Å². The highest BCUT2D eigenvalue weighted by Crippen LogP contribution is 2.40. The van der Waals surface area contributed by atoms with Crippen molar-refractivity contribution in [1.82, 2.24) is 24.5 Å². The zero-order valence-corrected chi connectivity index (χ0v) is 19.5. The van der Waals surface area contributed by atoms with E-state index in [4.69, 9.17) is 23.2 Å². The summed E-state index contributed by atoms with van der Waals surface area (Å²) in [6, 6.07) is 5.42. The van der Waals surface area contributed by atoms with Gasteiger partial charge >= 0.3 is 6.03 Å². The maximum atomic E-state index is 13.1. The van der Waals surface area contributed by atoms with Crippen LogP contribution >= 0.6 is 23.2 Å². The monoisotopic (exact) mass is 475 g/mol. The molecule has 0 bridgehead atoms. The molecule has 5 rings (SSSR count). The number of nitrogens with zero attached hydrogens (tertiary/aromatic N) is 5. The Morgan fingerprint density at radius 1 is 1.00 bits per heavy atom. The molecule has 1 unspecified atom stereocenters. The van der Waals surface area contributed by atoms with Crippen LogP contribution in [0.3, 0.4) is 0 Å². The molecule has 2 aromatic rings. The first kappa shape index (κ1) is 21.7. The van der Waals surface area contributed by atoms with E-state index in [1.807, 2.05) is 21.9 Å². The highest BCUT2D eigenvalue weighted by atomic mass is 35.5. The Hall–Kier alpha value is -2.09. The lowest BCUT2D eigenvalue weighted by Gasteiger charge is -2.25. The van der Waals surface area contributed by atoms with Crippen LogP contribution < -0.4 is 0 Å². The van der Waals surface area contributed by atoms with Crippen molar-refractivity contribution in [2.24, 2.45) is 5.41 Å². The minimum Gasteiger partial charge on any atom is -0.339 e. The smallest absolute Gasteiger partial charge is 0.339 e. The normalized spacial score (nSPS) is 23.6. The number of hydrogen-bond donors (Lipinski definition) is 0. The summed E-state index contributed by atoms with van der Waals surface area (Å²) in [6.45, 7) is 5.64. The van der Waals surface area contributed by atoms with E-state index in [1.165, 1.54) is 10.9 Å². The number of rotatable bonds is 3. The lowest BCUT2D eigenvalue weighted by Crippen LogP contribution is -2.36. The van der Waals surface area contributed by atoms with Gasteiger partial charge in [-0.25, -0.2) is 4.79 Å². The summed E-state index contributed by atoms with van der Waals surface area (Å²) in [6.07, 6.45) is 7.18. The molecule has 7 nitrogen and oxygen atoms in total. The van der Waals surface area contributed by atoms with Gasteiger partial charge in [0.15, 0.2) is 0 Å². The van der Waals surface area contributed by atoms with E-state index < -0.39 is 0 Å². The summed E-state index contributed by atoms with van der Waals surface area (Å²) in [7, 11) is 0. The van der Waals surface area contributed by atoms with Crippen molar-refractivity contribution in [3.8, 4) is 0 Å². The van der Waals surface area contributed by atoms with E-state index in [9.17, 15) is 9.59 Å². The van der Waals surface area contributed by atoms with Gasteiger partial charge in [0.2, 0.25) is 0 Å². The third-order valence-electron chi connectivity index (χ3n) is 7.05. The van der Waals surface area contributed by atoms with Crippen LogP contribution in [0.4, 0.5) is 4.79 Å². The molecule has 3 aliphatic heterocycles. The van der Waals surface area contributed by atoms with E-state index >= 15 is 0 Å². The molecule has 1 aromatic heterocycles. The van der Waals surface area contributed by atoms with Crippen LogP contribution in [0.15, 0.2) is 30.6 Å². The minimum atomic E-state index is -0.154. The fourth-order valence-corrected chi connectivity index (χ4v) is 5.66. The molecule has 1 aromatic carbocycles. The summed E-state index contributed by atoms with van der Waals surface area (Å²) >= 11 is 12.5. The second kappa shape index (κ2) is 8.69. The summed E-state index contributed by atoms with van der Waals surface area (Å²) in [5, 5.41) is 5.62. The third-order valence-corrected chi connectivity index (χ3v) is 7.65. The second-order valence-electron chi connectivity index (χ2n) is 9.32. The van der Waals surface area contributed by atoms with Gasteiger partial charge in [-0.1, -0.05) is 23.2 Å². The van der Waals surface area contributed by atoms with Crippen LogP contribution in [0.2, 0.25) is 10.0 Å². The van der Waals surface area contributed by atoms with Crippen molar-refractivity contribution < 1.29 is 9.59 Å². The molecular weight excluding hydrogens is 449 g/mol. The average Bonchev–Trinajstić information content (AvgIpc) is 3.58. The topological polar surface area (TPSA) is 61.7 Å². The highest BCUT2D eigenvalue weighted by Gasteiger charge is 2.45. The molecule has 3 saturated heterocycles. The number of aromatic nitrogens is 2. The molecular formula is C23H27Cl2N5O2. The fourth-order valence-electron chi connectivity index (χ4n) is 5.29. The molecule has 170 valence electrons. The molecule has 2 amide bonds. The van der Waals surface area contributed by atoms with Gasteiger partial charge in [0.1, 0.15) is 0 Å². The predicted molar refractivity (Wildman–Crippen MR) is 123 cm³/mol. The Labute approximate surface area is 197 Å². The van der Waals surface area contributed by atoms with E-state index in [0.29, 0.717) is 23.7 Å². The molecule has 1 atom stereocenters. The Bertz CT molecular complexity index is 1040. The molecule has 0 N–H and O–H groups in total. The first-order valence-corrected chi connectivity index (χ1v) is 12.0. The largest absolute Gasteiger partial charge is 0.344 e. The van der Waals surface area contributed by atoms with Crippen LogP contribution in [0.25, 0.3) is 0 Å². The number of likely N-dealkylation sites (tertiary alicyclic amines) is 3. The Kier molecular flexibility index (Phi) is 5.90. The van der Waals surface area contributed by atoms with Crippen LogP contribution in [0.5, 0.6) is 0 Å². The standard InChI is InChI=1S/C23H27Cl2N5O2/c24-19-3-4-20(25)17(11-19)13-27-9-5-23(15-27)6-10-29(16-23)22(32)30-14-18(12-26-30)21(31)28-7-1-2-8-28/h3-4,11-12,14H,1-2,5-10,13,15-16H2. The van der Waals surface area contributed by atoms with Gasteiger partial charge < -0.3 is 9.80 Å². The van der Waals surface area contributed by atoms with Crippen LogP contribution in [-0.4, -0.2) is 75.7 Å². The van der Waals surface area contributed by atoms with E-state index in [2.05, 4.69) is 10.00 Å². The van der Waals surface area contributed by atoms with Gasteiger partial charge in [-0.15, -0.1) is 0 Å².